The smallest absolute Gasteiger partial charge is 0.338 e. The van der Waals surface area contributed by atoms with Gasteiger partial charge in [-0.2, -0.15) is 0 Å². The zero-order valence-electron chi connectivity index (χ0n) is 10.4. The first kappa shape index (κ1) is 17.9. The van der Waals surface area contributed by atoms with Gasteiger partial charge < -0.3 is 33.1 Å². The van der Waals surface area contributed by atoms with E-state index in [4.69, 9.17) is 33.1 Å². The van der Waals surface area contributed by atoms with Crippen LogP contribution in [0.1, 0.15) is 12.8 Å². The molecule has 0 aliphatic rings. The molecule has 10 N–H and O–H groups in total. The van der Waals surface area contributed by atoms with E-state index in [9.17, 15) is 19.2 Å². The fourth-order valence-electron chi connectivity index (χ4n) is 1.03. The number of aliphatic carboxylic acids is 2. The standard InChI is InChI=1S/C10H16N4O6/c11-9(12,7(17)18)3-5(15)1-2-6(16)4-10(13,14)8(19)20/h1-2H,3-4,11-14H2,(H,17,18)(H,19,20)/b2-1+. The molecule has 0 bridgehead atoms. The largest absolute Gasteiger partial charge is 0.479 e. The highest BCUT2D eigenvalue weighted by Crippen LogP contribution is 2.03. The molecular weight excluding hydrogens is 272 g/mol. The zero-order chi connectivity index (χ0) is 16.1. The minimum absolute atomic E-state index is 0.734. The Morgan fingerprint density at radius 1 is 0.750 bits per heavy atom. The third-order valence-electron chi connectivity index (χ3n) is 2.18. The van der Waals surface area contributed by atoms with Gasteiger partial charge in [0.05, 0.1) is 12.8 Å². The minimum Gasteiger partial charge on any atom is -0.479 e. The highest BCUT2D eigenvalue weighted by atomic mass is 16.4. The summed E-state index contributed by atoms with van der Waals surface area (Å²) < 4.78 is 0. The molecule has 0 aliphatic carbocycles. The Balaban J connectivity index is 4.59. The van der Waals surface area contributed by atoms with E-state index in [1.165, 1.54) is 0 Å². The zero-order valence-corrected chi connectivity index (χ0v) is 10.4. The number of hydrogen-bond donors (Lipinski definition) is 6. The van der Waals surface area contributed by atoms with Crippen LogP contribution in [0.3, 0.4) is 0 Å². The topological polar surface area (TPSA) is 213 Å². The number of carboxylic acid groups (broad SMARTS) is 2. The van der Waals surface area contributed by atoms with Crippen LogP contribution >= 0.6 is 0 Å². The molecule has 0 aromatic heterocycles. The van der Waals surface area contributed by atoms with Crippen molar-refractivity contribution in [2.45, 2.75) is 24.2 Å². The second kappa shape index (κ2) is 6.34. The van der Waals surface area contributed by atoms with Crippen molar-refractivity contribution in [1.82, 2.24) is 0 Å². The summed E-state index contributed by atoms with van der Waals surface area (Å²) in [4.78, 5) is 43.8. The lowest BCUT2D eigenvalue weighted by molar-refractivity contribution is -0.145. The van der Waals surface area contributed by atoms with Crippen LogP contribution in [0.4, 0.5) is 0 Å². The quantitative estimate of drug-likeness (QED) is 0.195. The molecule has 112 valence electrons. The second-order valence-corrected chi connectivity index (χ2v) is 4.31. The van der Waals surface area contributed by atoms with Gasteiger partial charge in [0.1, 0.15) is 0 Å². The van der Waals surface area contributed by atoms with E-state index in [-0.39, 0.29) is 0 Å². The fraction of sp³-hybridized carbons (Fsp3) is 0.400. The molecule has 0 radical (unpaired) electrons. The Morgan fingerprint density at radius 3 is 1.20 bits per heavy atom. The van der Waals surface area contributed by atoms with Crippen LogP contribution in [-0.4, -0.2) is 45.0 Å². The molecule has 0 aromatic rings. The van der Waals surface area contributed by atoms with Gasteiger partial charge >= 0.3 is 11.9 Å². The van der Waals surface area contributed by atoms with Gasteiger partial charge in [0, 0.05) is 0 Å². The van der Waals surface area contributed by atoms with Crippen molar-refractivity contribution >= 4 is 23.5 Å². The molecule has 0 rings (SSSR count). The number of hydrogen-bond acceptors (Lipinski definition) is 8. The monoisotopic (exact) mass is 288 g/mol. The maximum atomic E-state index is 11.3. The van der Waals surface area contributed by atoms with Crippen molar-refractivity contribution in [2.75, 3.05) is 0 Å². The molecule has 20 heavy (non-hydrogen) atoms. The average molecular weight is 288 g/mol. The number of carbonyl (C=O) groups is 4. The minimum atomic E-state index is -2.25. The lowest BCUT2D eigenvalue weighted by atomic mass is 10.0. The van der Waals surface area contributed by atoms with E-state index in [1.807, 2.05) is 0 Å². The Kier molecular flexibility index (Phi) is 5.66. The Bertz CT molecular complexity index is 426. The summed E-state index contributed by atoms with van der Waals surface area (Å²) in [6.45, 7) is 0. The highest BCUT2D eigenvalue weighted by molar-refractivity contribution is 6.02. The molecule has 0 saturated carbocycles. The summed E-state index contributed by atoms with van der Waals surface area (Å²) in [5.41, 5.74) is 16.0. The van der Waals surface area contributed by atoms with Crippen LogP contribution in [0.15, 0.2) is 12.2 Å². The van der Waals surface area contributed by atoms with Crippen molar-refractivity contribution in [2.24, 2.45) is 22.9 Å². The predicted molar refractivity (Wildman–Crippen MR) is 65.9 cm³/mol. The summed E-state index contributed by atoms with van der Waals surface area (Å²) in [6, 6.07) is 0. The van der Waals surface area contributed by atoms with Crippen molar-refractivity contribution in [3.05, 3.63) is 12.2 Å². The summed E-state index contributed by atoms with van der Waals surface area (Å²) in [6.07, 6.45) is -0.00176. The summed E-state index contributed by atoms with van der Waals surface area (Å²) in [5, 5.41) is 17.2. The third-order valence-corrected chi connectivity index (χ3v) is 2.18. The van der Waals surface area contributed by atoms with Crippen LogP contribution in [0.5, 0.6) is 0 Å². The molecule has 0 unspecified atom stereocenters. The van der Waals surface area contributed by atoms with Gasteiger partial charge in [-0.15, -0.1) is 0 Å². The van der Waals surface area contributed by atoms with Gasteiger partial charge in [0.2, 0.25) is 0 Å². The van der Waals surface area contributed by atoms with Crippen molar-refractivity contribution in [1.29, 1.82) is 0 Å². The fourth-order valence-corrected chi connectivity index (χ4v) is 1.03. The molecule has 10 heteroatoms. The summed E-state index contributed by atoms with van der Waals surface area (Å²) in [7, 11) is 0. The van der Waals surface area contributed by atoms with E-state index in [0.717, 1.165) is 12.2 Å². The molecule has 0 aromatic carbocycles. The van der Waals surface area contributed by atoms with Crippen molar-refractivity contribution in [3.63, 3.8) is 0 Å². The summed E-state index contributed by atoms with van der Waals surface area (Å²) in [5.74, 6) is -4.81. The van der Waals surface area contributed by atoms with E-state index in [2.05, 4.69) is 0 Å². The van der Waals surface area contributed by atoms with Crippen LogP contribution in [0, 0.1) is 0 Å². The molecule has 0 saturated heterocycles. The molecular formula is C10H16N4O6. The lowest BCUT2D eigenvalue weighted by Crippen LogP contribution is -2.57. The van der Waals surface area contributed by atoms with Gasteiger partial charge in [-0.3, -0.25) is 9.59 Å². The number of ketones is 2. The summed E-state index contributed by atoms with van der Waals surface area (Å²) >= 11 is 0. The van der Waals surface area contributed by atoms with Crippen LogP contribution in [0.25, 0.3) is 0 Å². The first-order valence-electron chi connectivity index (χ1n) is 5.24. The van der Waals surface area contributed by atoms with Gasteiger partial charge in [-0.25, -0.2) is 9.59 Å². The number of carbonyl (C=O) groups excluding carboxylic acids is 2. The predicted octanol–water partition coefficient (Wildman–Crippen LogP) is -3.14. The van der Waals surface area contributed by atoms with Crippen LogP contribution in [0.2, 0.25) is 0 Å². The number of rotatable bonds is 8. The molecule has 0 atom stereocenters. The van der Waals surface area contributed by atoms with E-state index in [0.29, 0.717) is 0 Å². The lowest BCUT2D eigenvalue weighted by Gasteiger charge is -2.17. The highest BCUT2D eigenvalue weighted by Gasteiger charge is 2.32. The Hall–Kier alpha value is -2.14. The maximum absolute atomic E-state index is 11.3. The molecule has 0 aliphatic heterocycles. The van der Waals surface area contributed by atoms with E-state index < -0.39 is 47.7 Å². The van der Waals surface area contributed by atoms with Gasteiger partial charge in [0.15, 0.2) is 22.9 Å². The molecule has 0 amide bonds. The second-order valence-electron chi connectivity index (χ2n) is 4.31. The maximum Gasteiger partial charge on any atom is 0.338 e. The molecule has 10 nitrogen and oxygen atoms in total. The van der Waals surface area contributed by atoms with Crippen molar-refractivity contribution < 1.29 is 29.4 Å². The molecule has 0 fully saturated rings. The number of nitrogens with two attached hydrogens (primary N) is 4. The average Bonchev–Trinajstić information content (AvgIpc) is 2.24. The first-order chi connectivity index (χ1) is 8.88. The van der Waals surface area contributed by atoms with Gasteiger partial charge in [-0.05, 0) is 12.2 Å². The van der Waals surface area contributed by atoms with Gasteiger partial charge in [0.25, 0.3) is 0 Å². The molecule has 0 heterocycles. The number of allylic oxidation sites excluding steroid dienone is 2. The SMILES string of the molecule is NC(N)(CC(=O)/C=C/C(=O)CC(N)(N)C(=O)O)C(=O)O. The molecule has 0 spiro atoms. The Morgan fingerprint density at radius 2 is 1.00 bits per heavy atom. The van der Waals surface area contributed by atoms with Crippen molar-refractivity contribution in [3.8, 4) is 0 Å². The number of carboxylic acids is 2. The Labute approximate surface area is 113 Å². The van der Waals surface area contributed by atoms with Crippen LogP contribution < -0.4 is 22.9 Å². The van der Waals surface area contributed by atoms with Crippen LogP contribution in [-0.2, 0) is 19.2 Å². The van der Waals surface area contributed by atoms with E-state index in [1.54, 1.807) is 0 Å². The van der Waals surface area contributed by atoms with E-state index >= 15 is 0 Å². The third kappa shape index (κ3) is 5.67. The normalized spacial score (nSPS) is 12.4. The van der Waals surface area contributed by atoms with Gasteiger partial charge in [-0.1, -0.05) is 0 Å². The first-order valence-corrected chi connectivity index (χ1v) is 5.24.